The number of nitrogens with zero attached hydrogens (tertiary/aromatic N) is 2. The Kier molecular flexibility index (Phi) is 4.64. The fraction of sp³-hybridized carbons (Fsp3) is 0.800. The van der Waals surface area contributed by atoms with Crippen LogP contribution in [0.15, 0.2) is 0 Å². The molecule has 19 heavy (non-hydrogen) atoms. The highest BCUT2D eigenvalue weighted by Crippen LogP contribution is 2.42. The molecule has 1 heterocycles. The average Bonchev–Trinajstić information content (AvgIpc) is 2.72. The molecule has 4 heteroatoms. The average molecular weight is 282 g/mol. The van der Waals surface area contributed by atoms with Crippen LogP contribution in [0.3, 0.4) is 0 Å². The van der Waals surface area contributed by atoms with Gasteiger partial charge in [-0.2, -0.15) is 0 Å². The van der Waals surface area contributed by atoms with Gasteiger partial charge in [-0.1, -0.05) is 27.7 Å². The molecule has 1 N–H and O–H groups in total. The molecule has 0 fully saturated rings. The number of aliphatic hydroxyl groups excluding tert-OH is 1. The zero-order valence-electron chi connectivity index (χ0n) is 12.6. The lowest BCUT2D eigenvalue weighted by Gasteiger charge is -2.31. The summed E-state index contributed by atoms with van der Waals surface area (Å²) in [4.78, 5) is 8.31. The minimum atomic E-state index is -0.307. The molecule has 1 unspecified atom stereocenters. The van der Waals surface area contributed by atoms with E-state index in [-0.39, 0.29) is 11.5 Å². The second kappa shape index (κ2) is 5.90. The molecule has 0 amide bonds. The van der Waals surface area contributed by atoms with Gasteiger partial charge in [-0.15, -0.1) is 11.3 Å². The summed E-state index contributed by atoms with van der Waals surface area (Å²) < 4.78 is 0. The Bertz CT molecular complexity index is 424. The van der Waals surface area contributed by atoms with Crippen LogP contribution in [0, 0.1) is 5.41 Å². The number of hydrogen-bond acceptors (Lipinski definition) is 4. The van der Waals surface area contributed by atoms with Crippen LogP contribution >= 0.6 is 11.3 Å². The Hall–Kier alpha value is -0.450. The third kappa shape index (κ3) is 3.56. The van der Waals surface area contributed by atoms with E-state index in [9.17, 15) is 5.11 Å². The van der Waals surface area contributed by atoms with Crippen LogP contribution in [-0.2, 0) is 12.8 Å². The molecule has 108 valence electrons. The van der Waals surface area contributed by atoms with Crippen molar-refractivity contribution in [3.63, 3.8) is 0 Å². The first-order chi connectivity index (χ1) is 8.95. The van der Waals surface area contributed by atoms with E-state index in [1.54, 1.807) is 11.3 Å². The fourth-order valence-corrected chi connectivity index (χ4v) is 3.90. The quantitative estimate of drug-likeness (QED) is 0.902. The zero-order valence-corrected chi connectivity index (χ0v) is 13.4. The summed E-state index contributed by atoms with van der Waals surface area (Å²) in [6, 6.07) is 0. The molecule has 0 saturated heterocycles. The van der Waals surface area contributed by atoms with Crippen molar-refractivity contribution in [3.8, 4) is 0 Å². The maximum atomic E-state index is 10.2. The van der Waals surface area contributed by atoms with Crippen LogP contribution in [0.2, 0.25) is 0 Å². The lowest BCUT2D eigenvalue weighted by atomic mass is 9.77. The normalized spacial score (nSPS) is 21.7. The highest BCUT2D eigenvalue weighted by atomic mass is 32.1. The predicted molar refractivity (Wildman–Crippen MR) is 80.7 cm³/mol. The van der Waals surface area contributed by atoms with Crippen LogP contribution in [0.1, 0.15) is 55.8 Å². The number of rotatable bonds is 5. The van der Waals surface area contributed by atoms with E-state index in [1.165, 1.54) is 5.01 Å². The summed E-state index contributed by atoms with van der Waals surface area (Å²) in [6.45, 7) is 12.1. The van der Waals surface area contributed by atoms with E-state index in [2.05, 4.69) is 32.6 Å². The van der Waals surface area contributed by atoms with Gasteiger partial charge in [0, 0.05) is 13.0 Å². The third-order valence-electron chi connectivity index (χ3n) is 4.00. The van der Waals surface area contributed by atoms with Crippen molar-refractivity contribution < 1.29 is 5.11 Å². The van der Waals surface area contributed by atoms with Crippen molar-refractivity contribution in [1.29, 1.82) is 0 Å². The molecule has 0 aromatic carbocycles. The molecule has 0 saturated carbocycles. The molecule has 1 aliphatic rings. The monoisotopic (exact) mass is 282 g/mol. The highest BCUT2D eigenvalue weighted by molar-refractivity contribution is 7.11. The largest absolute Gasteiger partial charge is 0.387 e. The Morgan fingerprint density at radius 3 is 2.68 bits per heavy atom. The van der Waals surface area contributed by atoms with Gasteiger partial charge in [0.1, 0.15) is 0 Å². The Morgan fingerprint density at radius 1 is 1.37 bits per heavy atom. The molecular weight excluding hydrogens is 256 g/mol. The first-order valence-corrected chi connectivity index (χ1v) is 8.15. The molecule has 2 rings (SSSR count). The van der Waals surface area contributed by atoms with Crippen molar-refractivity contribution in [2.75, 3.05) is 19.6 Å². The van der Waals surface area contributed by atoms with Gasteiger partial charge in [-0.3, -0.25) is 0 Å². The minimum absolute atomic E-state index is 0.177. The summed E-state index contributed by atoms with van der Waals surface area (Å²) in [6.07, 6.45) is 2.56. The van der Waals surface area contributed by atoms with Gasteiger partial charge in [0.05, 0.1) is 21.7 Å². The van der Waals surface area contributed by atoms with E-state index in [0.29, 0.717) is 0 Å². The van der Waals surface area contributed by atoms with Crippen LogP contribution in [0.5, 0.6) is 0 Å². The fourth-order valence-electron chi connectivity index (χ4n) is 2.84. The zero-order chi connectivity index (χ0) is 14.0. The van der Waals surface area contributed by atoms with Crippen molar-refractivity contribution >= 4 is 11.3 Å². The van der Waals surface area contributed by atoms with E-state index < -0.39 is 0 Å². The van der Waals surface area contributed by atoms with E-state index in [4.69, 9.17) is 4.98 Å². The molecule has 0 spiro atoms. The number of fused-ring (bicyclic) bond motifs is 1. The SMILES string of the molecule is CCN(CC)CCc1nc2c(s1)C(O)CC(C)(C)C2. The molecule has 0 aliphatic heterocycles. The van der Waals surface area contributed by atoms with Gasteiger partial charge < -0.3 is 10.0 Å². The van der Waals surface area contributed by atoms with Crippen molar-refractivity contribution in [1.82, 2.24) is 9.88 Å². The van der Waals surface area contributed by atoms with Gasteiger partial charge in [0.2, 0.25) is 0 Å². The van der Waals surface area contributed by atoms with Gasteiger partial charge >= 0.3 is 0 Å². The van der Waals surface area contributed by atoms with Crippen molar-refractivity contribution in [3.05, 3.63) is 15.6 Å². The van der Waals surface area contributed by atoms with Crippen LogP contribution in [0.25, 0.3) is 0 Å². The van der Waals surface area contributed by atoms with E-state index in [1.807, 2.05) is 0 Å². The molecule has 1 atom stereocenters. The molecule has 1 aliphatic carbocycles. The Morgan fingerprint density at radius 2 is 2.05 bits per heavy atom. The van der Waals surface area contributed by atoms with Gasteiger partial charge in [-0.25, -0.2) is 4.98 Å². The predicted octanol–water partition coefficient (Wildman–Crippen LogP) is 3.03. The highest BCUT2D eigenvalue weighted by Gasteiger charge is 2.33. The van der Waals surface area contributed by atoms with E-state index in [0.717, 1.165) is 49.5 Å². The molecule has 1 aromatic rings. The summed E-state index contributed by atoms with van der Waals surface area (Å²) in [5.74, 6) is 0. The Labute approximate surface area is 120 Å². The molecule has 0 bridgehead atoms. The first-order valence-electron chi connectivity index (χ1n) is 7.34. The van der Waals surface area contributed by atoms with Gasteiger partial charge in [0.15, 0.2) is 0 Å². The lowest BCUT2D eigenvalue weighted by molar-refractivity contribution is 0.102. The van der Waals surface area contributed by atoms with Crippen molar-refractivity contribution in [2.45, 2.75) is 53.1 Å². The maximum Gasteiger partial charge on any atom is 0.0944 e. The molecule has 3 nitrogen and oxygen atoms in total. The number of aromatic nitrogens is 1. The summed E-state index contributed by atoms with van der Waals surface area (Å²) >= 11 is 1.72. The lowest BCUT2D eigenvalue weighted by Crippen LogP contribution is -2.25. The minimum Gasteiger partial charge on any atom is -0.387 e. The Balaban J connectivity index is 2.06. The van der Waals surface area contributed by atoms with Crippen LogP contribution in [0.4, 0.5) is 0 Å². The second-order valence-electron chi connectivity index (χ2n) is 6.26. The standard InChI is InChI=1S/C15H26N2OS/c1-5-17(6-2)8-7-13-16-11-9-15(3,4)10-12(18)14(11)19-13/h12,18H,5-10H2,1-4H3. The third-order valence-corrected chi connectivity index (χ3v) is 5.26. The molecule has 0 radical (unpaired) electrons. The summed E-state index contributed by atoms with van der Waals surface area (Å²) in [5.41, 5.74) is 1.32. The number of aliphatic hydroxyl groups is 1. The number of hydrogen-bond donors (Lipinski definition) is 1. The summed E-state index contributed by atoms with van der Waals surface area (Å²) in [7, 11) is 0. The second-order valence-corrected chi connectivity index (χ2v) is 7.37. The van der Waals surface area contributed by atoms with Gasteiger partial charge in [0.25, 0.3) is 0 Å². The smallest absolute Gasteiger partial charge is 0.0944 e. The summed E-state index contributed by atoms with van der Waals surface area (Å²) in [5, 5.41) is 11.4. The van der Waals surface area contributed by atoms with Crippen LogP contribution < -0.4 is 0 Å². The first kappa shape index (κ1) is 14.9. The van der Waals surface area contributed by atoms with Gasteiger partial charge in [-0.05, 0) is 31.3 Å². The van der Waals surface area contributed by atoms with Crippen LogP contribution in [-0.4, -0.2) is 34.6 Å². The topological polar surface area (TPSA) is 36.4 Å². The number of likely N-dealkylation sites (N-methyl/N-ethyl adjacent to an activating group) is 1. The number of thiazole rings is 1. The van der Waals surface area contributed by atoms with E-state index >= 15 is 0 Å². The maximum absolute atomic E-state index is 10.2. The molecular formula is C15H26N2OS. The molecule has 1 aromatic heterocycles. The van der Waals surface area contributed by atoms with Crippen molar-refractivity contribution in [2.24, 2.45) is 5.41 Å².